The second kappa shape index (κ2) is 8.28. The molecule has 8 heteroatoms. The maximum Gasteiger partial charge on any atom is 0.269 e. The standard InChI is InChI=1S/C21H26N2O4S2/c1-5-14(6-2)19(17-8-7-11-28-17)22-20(24)15-9-10-16-18(12-15)29(26,27)23(13(3)4)21(16)25/h7-14,19H,5-6H2,1-4H3,(H,22,24). The molecule has 1 unspecified atom stereocenters. The van der Waals surface area contributed by atoms with Crippen molar-refractivity contribution in [1.82, 2.24) is 9.62 Å². The smallest absolute Gasteiger partial charge is 0.269 e. The number of fused-ring (bicyclic) bond motifs is 1. The van der Waals surface area contributed by atoms with Crippen LogP contribution in [0.4, 0.5) is 0 Å². The predicted octanol–water partition coefficient (Wildman–Crippen LogP) is 4.21. The molecule has 1 aromatic carbocycles. The van der Waals surface area contributed by atoms with Crippen LogP contribution in [0.1, 0.15) is 72.2 Å². The van der Waals surface area contributed by atoms with Crippen LogP contribution in [-0.2, 0) is 10.0 Å². The Bertz CT molecular complexity index is 1010. The van der Waals surface area contributed by atoms with E-state index in [1.165, 1.54) is 18.2 Å². The summed E-state index contributed by atoms with van der Waals surface area (Å²) in [4.78, 5) is 26.5. The van der Waals surface area contributed by atoms with Crippen molar-refractivity contribution < 1.29 is 18.0 Å². The summed E-state index contributed by atoms with van der Waals surface area (Å²) in [6.07, 6.45) is 1.82. The highest BCUT2D eigenvalue weighted by Gasteiger charge is 2.43. The first-order valence-corrected chi connectivity index (χ1v) is 12.1. The number of nitrogens with zero attached hydrogens (tertiary/aromatic N) is 1. The Labute approximate surface area is 176 Å². The van der Waals surface area contributed by atoms with Crippen LogP contribution in [0, 0.1) is 5.92 Å². The fourth-order valence-electron chi connectivity index (χ4n) is 3.77. The molecule has 0 saturated carbocycles. The lowest BCUT2D eigenvalue weighted by Gasteiger charge is -2.25. The normalized spacial score (nSPS) is 16.3. The van der Waals surface area contributed by atoms with Crippen molar-refractivity contribution in [3.05, 3.63) is 51.7 Å². The molecule has 0 radical (unpaired) electrons. The highest BCUT2D eigenvalue weighted by molar-refractivity contribution is 7.90. The highest BCUT2D eigenvalue weighted by atomic mass is 32.2. The Morgan fingerprint density at radius 2 is 1.86 bits per heavy atom. The van der Waals surface area contributed by atoms with Crippen LogP contribution >= 0.6 is 11.3 Å². The monoisotopic (exact) mass is 434 g/mol. The molecule has 2 amide bonds. The summed E-state index contributed by atoms with van der Waals surface area (Å²) >= 11 is 1.59. The number of hydrogen-bond donors (Lipinski definition) is 1. The average molecular weight is 435 g/mol. The number of hydrogen-bond acceptors (Lipinski definition) is 5. The molecule has 2 heterocycles. The van der Waals surface area contributed by atoms with Gasteiger partial charge in [-0.15, -0.1) is 11.3 Å². The zero-order chi connectivity index (χ0) is 21.3. The second-order valence-corrected chi connectivity index (χ2v) is 10.2. The van der Waals surface area contributed by atoms with Gasteiger partial charge in [-0.3, -0.25) is 9.59 Å². The third-order valence-corrected chi connectivity index (χ3v) is 8.29. The Morgan fingerprint density at radius 3 is 2.41 bits per heavy atom. The summed E-state index contributed by atoms with van der Waals surface area (Å²) in [5, 5.41) is 5.06. The van der Waals surface area contributed by atoms with Crippen molar-refractivity contribution in [3.63, 3.8) is 0 Å². The van der Waals surface area contributed by atoms with Gasteiger partial charge in [0.25, 0.3) is 21.8 Å². The Kier molecular flexibility index (Phi) is 6.14. The van der Waals surface area contributed by atoms with Crippen LogP contribution in [0.2, 0.25) is 0 Å². The molecule has 1 aliphatic rings. The first kappa shape index (κ1) is 21.5. The predicted molar refractivity (Wildman–Crippen MR) is 114 cm³/mol. The Morgan fingerprint density at radius 1 is 1.17 bits per heavy atom. The zero-order valence-corrected chi connectivity index (χ0v) is 18.6. The Balaban J connectivity index is 1.94. The topological polar surface area (TPSA) is 83.6 Å². The van der Waals surface area contributed by atoms with Crippen LogP contribution in [0.25, 0.3) is 0 Å². The van der Waals surface area contributed by atoms with Crippen molar-refractivity contribution in [2.75, 3.05) is 0 Å². The quantitative estimate of drug-likeness (QED) is 0.708. The van der Waals surface area contributed by atoms with E-state index < -0.39 is 22.0 Å². The average Bonchev–Trinajstić information content (AvgIpc) is 3.27. The summed E-state index contributed by atoms with van der Waals surface area (Å²) in [6.45, 7) is 7.48. The van der Waals surface area contributed by atoms with E-state index in [4.69, 9.17) is 0 Å². The van der Waals surface area contributed by atoms with E-state index in [1.807, 2.05) is 17.5 Å². The van der Waals surface area contributed by atoms with Crippen LogP contribution in [0.15, 0.2) is 40.6 Å². The fourth-order valence-corrected chi connectivity index (χ4v) is 6.44. The number of thiophene rings is 1. The van der Waals surface area contributed by atoms with Gasteiger partial charge in [-0.2, -0.15) is 0 Å². The number of sulfonamides is 1. The molecule has 0 aliphatic carbocycles. The van der Waals surface area contributed by atoms with Gasteiger partial charge < -0.3 is 5.32 Å². The lowest BCUT2D eigenvalue weighted by Crippen LogP contribution is -2.36. The molecular formula is C21H26N2O4S2. The highest BCUT2D eigenvalue weighted by Crippen LogP contribution is 2.34. The van der Waals surface area contributed by atoms with Crippen molar-refractivity contribution in [2.24, 2.45) is 5.92 Å². The van der Waals surface area contributed by atoms with Gasteiger partial charge in [-0.05, 0) is 49.4 Å². The van der Waals surface area contributed by atoms with Gasteiger partial charge in [0, 0.05) is 16.5 Å². The van der Waals surface area contributed by atoms with Crippen LogP contribution < -0.4 is 5.32 Å². The Hall–Kier alpha value is -2.19. The molecule has 2 aromatic rings. The third kappa shape index (κ3) is 3.83. The van der Waals surface area contributed by atoms with Gasteiger partial charge in [0.05, 0.1) is 11.6 Å². The van der Waals surface area contributed by atoms with Crippen LogP contribution in [0.3, 0.4) is 0 Å². The third-order valence-electron chi connectivity index (χ3n) is 5.34. The summed E-state index contributed by atoms with van der Waals surface area (Å²) in [5.41, 5.74) is 0.350. The number of benzene rings is 1. The first-order valence-electron chi connectivity index (χ1n) is 9.79. The van der Waals surface area contributed by atoms with Crippen molar-refractivity contribution in [1.29, 1.82) is 0 Å². The maximum atomic E-state index is 13.0. The second-order valence-electron chi connectivity index (χ2n) is 7.45. The van der Waals surface area contributed by atoms with Gasteiger partial charge in [0.15, 0.2) is 0 Å². The van der Waals surface area contributed by atoms with E-state index in [0.717, 1.165) is 22.0 Å². The summed E-state index contributed by atoms with van der Waals surface area (Å²) in [6, 6.07) is 7.59. The number of rotatable bonds is 7. The van der Waals surface area contributed by atoms with Crippen molar-refractivity contribution >= 4 is 33.2 Å². The molecule has 0 spiro atoms. The van der Waals surface area contributed by atoms with Gasteiger partial charge >= 0.3 is 0 Å². The number of carbonyl (C=O) groups excluding carboxylic acids is 2. The minimum absolute atomic E-state index is 0.0981. The van der Waals surface area contributed by atoms with Gasteiger partial charge in [0.1, 0.15) is 4.90 Å². The molecule has 156 valence electrons. The fraction of sp³-hybridized carbons (Fsp3) is 0.429. The maximum absolute atomic E-state index is 13.0. The van der Waals surface area contributed by atoms with E-state index in [1.54, 1.807) is 25.2 Å². The number of carbonyl (C=O) groups is 2. The molecular weight excluding hydrogens is 408 g/mol. The molecule has 1 N–H and O–H groups in total. The minimum atomic E-state index is -3.94. The number of nitrogens with one attached hydrogen (secondary N) is 1. The minimum Gasteiger partial charge on any atom is -0.344 e. The molecule has 1 aliphatic heterocycles. The molecule has 0 bridgehead atoms. The van der Waals surface area contributed by atoms with Crippen LogP contribution in [-0.4, -0.2) is 30.6 Å². The molecule has 3 rings (SSSR count). The summed E-state index contributed by atoms with van der Waals surface area (Å²) in [5.74, 6) is -0.618. The largest absolute Gasteiger partial charge is 0.344 e. The van der Waals surface area contributed by atoms with E-state index in [2.05, 4.69) is 19.2 Å². The molecule has 0 saturated heterocycles. The molecule has 29 heavy (non-hydrogen) atoms. The number of amides is 2. The van der Waals surface area contributed by atoms with E-state index in [0.29, 0.717) is 0 Å². The summed E-state index contributed by atoms with van der Waals surface area (Å²) in [7, 11) is -3.94. The summed E-state index contributed by atoms with van der Waals surface area (Å²) < 4.78 is 26.5. The first-order chi connectivity index (χ1) is 13.7. The van der Waals surface area contributed by atoms with Gasteiger partial charge in [0.2, 0.25) is 0 Å². The molecule has 1 aromatic heterocycles. The van der Waals surface area contributed by atoms with Crippen LogP contribution in [0.5, 0.6) is 0 Å². The lowest BCUT2D eigenvalue weighted by atomic mass is 9.92. The van der Waals surface area contributed by atoms with E-state index in [-0.39, 0.29) is 33.9 Å². The van der Waals surface area contributed by atoms with E-state index >= 15 is 0 Å². The molecule has 6 nitrogen and oxygen atoms in total. The SMILES string of the molecule is CCC(CC)C(NC(=O)c1ccc2c(c1)S(=O)(=O)N(C(C)C)C2=O)c1cccs1. The molecule has 0 fully saturated rings. The van der Waals surface area contributed by atoms with Gasteiger partial charge in [-0.1, -0.05) is 32.8 Å². The lowest BCUT2D eigenvalue weighted by molar-refractivity contribution is 0.0844. The van der Waals surface area contributed by atoms with Crippen molar-refractivity contribution in [3.8, 4) is 0 Å². The zero-order valence-electron chi connectivity index (χ0n) is 17.0. The van der Waals surface area contributed by atoms with E-state index in [9.17, 15) is 18.0 Å². The molecule has 1 atom stereocenters. The van der Waals surface area contributed by atoms with Gasteiger partial charge in [-0.25, -0.2) is 12.7 Å². The van der Waals surface area contributed by atoms with Crippen molar-refractivity contribution in [2.45, 2.75) is 57.5 Å².